The standard InChI is InChI=1S/C12H25NO5S.C5H5N/c1-2-3-4-5-6-7-8-9-10-11-12(14)13-18-19(15,16)17;1-2-4-6-5-3-1/h2-11H2,1H3,(H,13,14)(H,15,16,17);1-5H. The molecule has 1 heterocycles. The van der Waals surface area contributed by atoms with Crippen molar-refractivity contribution in [2.24, 2.45) is 0 Å². The molecule has 0 saturated carbocycles. The second kappa shape index (κ2) is 16.0. The van der Waals surface area contributed by atoms with Gasteiger partial charge in [-0.3, -0.25) is 4.79 Å². The van der Waals surface area contributed by atoms with Crippen LogP contribution in [0.25, 0.3) is 0 Å². The van der Waals surface area contributed by atoms with Crippen molar-refractivity contribution in [2.75, 3.05) is 0 Å². The van der Waals surface area contributed by atoms with Crippen LogP contribution in [-0.4, -0.2) is 18.9 Å². The molecule has 1 aromatic heterocycles. The van der Waals surface area contributed by atoms with Gasteiger partial charge in [0, 0.05) is 18.6 Å². The van der Waals surface area contributed by atoms with E-state index >= 15 is 0 Å². The molecule has 2 N–H and O–H groups in total. The topological polar surface area (TPSA) is 110 Å². The smallest absolute Gasteiger partial charge is 0.244 e. The van der Waals surface area contributed by atoms with Crippen LogP contribution in [0.1, 0.15) is 71.1 Å². The fourth-order valence-corrected chi connectivity index (χ4v) is 2.28. The van der Waals surface area contributed by atoms with Gasteiger partial charge in [0.15, 0.2) is 12.4 Å². The monoisotopic (exact) mass is 374 g/mol. The Hall–Kier alpha value is -1.51. The van der Waals surface area contributed by atoms with Gasteiger partial charge in [-0.25, -0.2) is 18.9 Å². The van der Waals surface area contributed by atoms with Crippen LogP contribution in [-0.2, 0) is 19.5 Å². The van der Waals surface area contributed by atoms with E-state index in [9.17, 15) is 17.8 Å². The molecule has 25 heavy (non-hydrogen) atoms. The number of nitrogens with one attached hydrogen (secondary N) is 2. The van der Waals surface area contributed by atoms with Crippen molar-refractivity contribution in [3.05, 3.63) is 30.6 Å². The van der Waals surface area contributed by atoms with Crippen LogP contribution in [0.15, 0.2) is 30.6 Å². The zero-order chi connectivity index (χ0) is 18.8. The number of aromatic amines is 1. The van der Waals surface area contributed by atoms with E-state index in [1.165, 1.54) is 32.1 Å². The maximum Gasteiger partial charge on any atom is 0.244 e. The van der Waals surface area contributed by atoms with Crippen LogP contribution in [0.5, 0.6) is 0 Å². The van der Waals surface area contributed by atoms with E-state index in [-0.39, 0.29) is 6.42 Å². The molecule has 0 aromatic carbocycles. The van der Waals surface area contributed by atoms with Gasteiger partial charge in [0.25, 0.3) is 0 Å². The first-order valence-electron chi connectivity index (χ1n) is 8.80. The highest BCUT2D eigenvalue weighted by molar-refractivity contribution is 7.80. The zero-order valence-corrected chi connectivity index (χ0v) is 15.7. The summed E-state index contributed by atoms with van der Waals surface area (Å²) in [5, 5.41) is 0. The predicted molar refractivity (Wildman–Crippen MR) is 93.8 cm³/mol. The Bertz CT molecular complexity index is 496. The first-order chi connectivity index (χ1) is 12.0. The third-order valence-electron chi connectivity index (χ3n) is 3.37. The fourth-order valence-electron chi connectivity index (χ4n) is 2.09. The second-order valence-electron chi connectivity index (χ2n) is 5.67. The molecule has 1 rings (SSSR count). The van der Waals surface area contributed by atoms with E-state index in [2.05, 4.69) is 16.2 Å². The number of carbonyl (C=O) groups excluding carboxylic acids is 1. The Kier molecular flexibility index (Phi) is 15.0. The minimum atomic E-state index is -4.85. The first kappa shape index (κ1) is 23.5. The summed E-state index contributed by atoms with van der Waals surface area (Å²) in [5.41, 5.74) is 1.61. The minimum Gasteiger partial charge on any atom is -0.724 e. The summed E-state index contributed by atoms with van der Waals surface area (Å²) < 4.78 is 33.8. The highest BCUT2D eigenvalue weighted by Crippen LogP contribution is 2.10. The summed E-state index contributed by atoms with van der Waals surface area (Å²) in [6.45, 7) is 2.19. The summed E-state index contributed by atoms with van der Waals surface area (Å²) >= 11 is 0. The summed E-state index contributed by atoms with van der Waals surface area (Å²) in [6.07, 6.45) is 14.1. The Morgan fingerprint density at radius 1 is 0.960 bits per heavy atom. The second-order valence-corrected chi connectivity index (χ2v) is 6.66. The number of unbranched alkanes of at least 4 members (excludes halogenated alkanes) is 8. The molecule has 0 unspecified atom stereocenters. The highest BCUT2D eigenvalue weighted by Gasteiger charge is 2.03. The maximum atomic E-state index is 11.1. The molecular formula is C17H30N2O5S. The van der Waals surface area contributed by atoms with Crippen molar-refractivity contribution in [3.63, 3.8) is 0 Å². The van der Waals surface area contributed by atoms with Crippen molar-refractivity contribution in [1.82, 2.24) is 5.48 Å². The van der Waals surface area contributed by atoms with E-state index in [4.69, 9.17) is 0 Å². The van der Waals surface area contributed by atoms with Gasteiger partial charge in [0.05, 0.1) is 0 Å². The lowest BCUT2D eigenvalue weighted by molar-refractivity contribution is -0.377. The molecule has 7 nitrogen and oxygen atoms in total. The molecule has 0 fully saturated rings. The average molecular weight is 375 g/mol. The minimum absolute atomic E-state index is 0.172. The van der Waals surface area contributed by atoms with E-state index in [1.54, 1.807) is 5.48 Å². The molecule has 0 aliphatic carbocycles. The summed E-state index contributed by atoms with van der Waals surface area (Å²) in [7, 11) is -4.85. The Morgan fingerprint density at radius 3 is 1.88 bits per heavy atom. The first-order valence-corrected chi connectivity index (χ1v) is 10.1. The van der Waals surface area contributed by atoms with Gasteiger partial charge in [-0.05, 0) is 6.42 Å². The number of aromatic nitrogens is 1. The Labute approximate surface area is 151 Å². The molecule has 1 amide bonds. The number of amides is 1. The van der Waals surface area contributed by atoms with E-state index < -0.39 is 16.3 Å². The molecule has 0 radical (unpaired) electrons. The van der Waals surface area contributed by atoms with Crippen molar-refractivity contribution in [3.8, 4) is 0 Å². The number of pyridine rings is 1. The molecule has 0 bridgehead atoms. The van der Waals surface area contributed by atoms with Gasteiger partial charge in [0.2, 0.25) is 16.3 Å². The van der Waals surface area contributed by atoms with E-state index in [1.807, 2.05) is 30.6 Å². The molecule has 0 aliphatic rings. The molecular weight excluding hydrogens is 344 g/mol. The van der Waals surface area contributed by atoms with Crippen molar-refractivity contribution < 1.29 is 27.0 Å². The van der Waals surface area contributed by atoms with Crippen LogP contribution < -0.4 is 10.5 Å². The normalized spacial score (nSPS) is 10.6. The number of rotatable bonds is 12. The Morgan fingerprint density at radius 2 is 1.48 bits per heavy atom. The molecule has 0 spiro atoms. The van der Waals surface area contributed by atoms with Gasteiger partial charge in [-0.1, -0.05) is 64.4 Å². The number of carbonyl (C=O) groups is 1. The summed E-state index contributed by atoms with van der Waals surface area (Å²) in [4.78, 5) is 13.9. The van der Waals surface area contributed by atoms with Crippen molar-refractivity contribution >= 4 is 16.3 Å². The number of hydrogen-bond donors (Lipinski definition) is 1. The van der Waals surface area contributed by atoms with Gasteiger partial charge in [-0.2, -0.15) is 4.28 Å². The largest absolute Gasteiger partial charge is 0.724 e. The third kappa shape index (κ3) is 20.4. The van der Waals surface area contributed by atoms with Crippen molar-refractivity contribution in [1.29, 1.82) is 0 Å². The molecule has 1 aromatic rings. The fraction of sp³-hybridized carbons (Fsp3) is 0.647. The lowest BCUT2D eigenvalue weighted by Crippen LogP contribution is -2.26. The van der Waals surface area contributed by atoms with Gasteiger partial charge >= 0.3 is 0 Å². The molecule has 0 aliphatic heterocycles. The van der Waals surface area contributed by atoms with Gasteiger partial charge in [0.1, 0.15) is 0 Å². The molecule has 0 atom stereocenters. The van der Waals surface area contributed by atoms with Crippen molar-refractivity contribution in [2.45, 2.75) is 71.1 Å². The summed E-state index contributed by atoms with van der Waals surface area (Å²) in [6, 6.07) is 5.86. The lowest BCUT2D eigenvalue weighted by Gasteiger charge is -2.07. The quantitative estimate of drug-likeness (QED) is 0.262. The number of H-pyrrole nitrogens is 1. The SMILES string of the molecule is CCCCCCCCCCCC(=O)NOS(=O)(=O)[O-].c1cc[nH+]cc1. The lowest BCUT2D eigenvalue weighted by atomic mass is 10.1. The predicted octanol–water partition coefficient (Wildman–Crippen LogP) is 2.92. The molecule has 8 heteroatoms. The van der Waals surface area contributed by atoms with Crippen LogP contribution in [0.2, 0.25) is 0 Å². The molecule has 144 valence electrons. The van der Waals surface area contributed by atoms with E-state index in [0.717, 1.165) is 19.3 Å². The van der Waals surface area contributed by atoms with Crippen LogP contribution in [0.3, 0.4) is 0 Å². The average Bonchev–Trinajstić information content (AvgIpc) is 2.60. The number of hydrogen-bond acceptors (Lipinski definition) is 5. The van der Waals surface area contributed by atoms with E-state index in [0.29, 0.717) is 6.42 Å². The zero-order valence-electron chi connectivity index (χ0n) is 14.9. The number of hydroxylamine groups is 1. The highest BCUT2D eigenvalue weighted by atomic mass is 32.3. The summed E-state index contributed by atoms with van der Waals surface area (Å²) in [5.74, 6) is -0.581. The van der Waals surface area contributed by atoms with Crippen LogP contribution in [0, 0.1) is 0 Å². The van der Waals surface area contributed by atoms with Crippen LogP contribution in [0.4, 0.5) is 0 Å². The maximum absolute atomic E-state index is 11.1. The third-order valence-corrected chi connectivity index (χ3v) is 3.66. The molecule has 0 saturated heterocycles. The van der Waals surface area contributed by atoms with Crippen LogP contribution >= 0.6 is 0 Å². The van der Waals surface area contributed by atoms with Gasteiger partial charge in [-0.15, -0.1) is 0 Å². The Balaban J connectivity index is 0.000000796. The van der Waals surface area contributed by atoms with Gasteiger partial charge < -0.3 is 4.55 Å².